The zero-order valence-corrected chi connectivity index (χ0v) is 9.98. The van der Waals surface area contributed by atoms with Crippen molar-refractivity contribution in [3.8, 4) is 0 Å². The molecular formula is C11H19N5O. The molecule has 6 nitrogen and oxygen atoms in total. The predicted octanol–water partition coefficient (Wildman–Crippen LogP) is 0.933. The lowest BCUT2D eigenvalue weighted by molar-refractivity contribution is 0.200. The van der Waals surface area contributed by atoms with Crippen LogP contribution < -0.4 is 5.32 Å². The van der Waals surface area contributed by atoms with Crippen LogP contribution in [-0.2, 0) is 6.42 Å². The fraction of sp³-hybridized carbons (Fsp3) is 0.727. The molecular weight excluding hydrogens is 218 g/mol. The first-order valence-corrected chi connectivity index (χ1v) is 6.23. The first-order valence-electron chi connectivity index (χ1n) is 6.23. The summed E-state index contributed by atoms with van der Waals surface area (Å²) in [6.45, 7) is 2.38. The normalized spacial score (nSPS) is 16.6. The third-order valence-corrected chi connectivity index (χ3v) is 3.02. The fourth-order valence-electron chi connectivity index (χ4n) is 2.03. The lowest BCUT2D eigenvalue weighted by Crippen LogP contribution is -2.41. The van der Waals surface area contributed by atoms with Crippen LogP contribution >= 0.6 is 0 Å². The molecule has 0 bridgehead atoms. The number of carbonyl (C=O) groups excluding carboxylic acids is 1. The minimum atomic E-state index is 0.0513. The molecule has 1 aromatic rings. The van der Waals surface area contributed by atoms with Crippen LogP contribution in [0.15, 0.2) is 6.20 Å². The van der Waals surface area contributed by atoms with Gasteiger partial charge in [0.25, 0.3) is 0 Å². The van der Waals surface area contributed by atoms with Gasteiger partial charge < -0.3 is 10.2 Å². The number of urea groups is 1. The second-order valence-corrected chi connectivity index (χ2v) is 4.34. The van der Waals surface area contributed by atoms with Crippen LogP contribution in [-0.4, -0.2) is 46.0 Å². The zero-order valence-electron chi connectivity index (χ0n) is 9.98. The second-order valence-electron chi connectivity index (χ2n) is 4.34. The standard InChI is InChI=1S/C11H19N5O/c17-11(16-7-3-1-2-4-8-16)12-6-5-10-9-13-15-14-10/h9H,1-8H2,(H,12,17)(H,13,14,15). The highest BCUT2D eigenvalue weighted by atomic mass is 16.2. The molecule has 2 N–H and O–H groups in total. The summed E-state index contributed by atoms with van der Waals surface area (Å²) < 4.78 is 0. The van der Waals surface area contributed by atoms with E-state index in [-0.39, 0.29) is 6.03 Å². The molecule has 1 aromatic heterocycles. The average molecular weight is 237 g/mol. The van der Waals surface area contributed by atoms with E-state index in [4.69, 9.17) is 0 Å². The summed E-state index contributed by atoms with van der Waals surface area (Å²) in [5, 5.41) is 13.1. The van der Waals surface area contributed by atoms with Gasteiger partial charge in [0.2, 0.25) is 0 Å². The van der Waals surface area contributed by atoms with E-state index in [0.29, 0.717) is 6.54 Å². The summed E-state index contributed by atoms with van der Waals surface area (Å²) in [4.78, 5) is 13.8. The molecule has 2 amide bonds. The Kier molecular flexibility index (Phi) is 4.35. The maximum Gasteiger partial charge on any atom is 0.317 e. The van der Waals surface area contributed by atoms with Crippen molar-refractivity contribution in [3.05, 3.63) is 11.9 Å². The van der Waals surface area contributed by atoms with Crippen LogP contribution in [0.2, 0.25) is 0 Å². The van der Waals surface area contributed by atoms with Gasteiger partial charge >= 0.3 is 6.03 Å². The highest BCUT2D eigenvalue weighted by Gasteiger charge is 2.14. The SMILES string of the molecule is O=C(NCCc1cn[nH]n1)N1CCCCCC1. The molecule has 0 saturated carbocycles. The first kappa shape index (κ1) is 11.9. The Labute approximate surface area is 101 Å². The van der Waals surface area contributed by atoms with Crippen LogP contribution in [0.1, 0.15) is 31.4 Å². The summed E-state index contributed by atoms with van der Waals surface area (Å²) in [7, 11) is 0. The smallest absolute Gasteiger partial charge is 0.317 e. The van der Waals surface area contributed by atoms with E-state index in [1.807, 2.05) is 4.90 Å². The van der Waals surface area contributed by atoms with Crippen LogP contribution in [0.25, 0.3) is 0 Å². The van der Waals surface area contributed by atoms with Gasteiger partial charge in [0.15, 0.2) is 0 Å². The Bertz CT molecular complexity index is 330. The van der Waals surface area contributed by atoms with Crippen molar-refractivity contribution >= 4 is 6.03 Å². The fourth-order valence-corrected chi connectivity index (χ4v) is 2.03. The third-order valence-electron chi connectivity index (χ3n) is 3.02. The number of nitrogens with one attached hydrogen (secondary N) is 2. The summed E-state index contributed by atoms with van der Waals surface area (Å²) >= 11 is 0. The molecule has 0 aliphatic carbocycles. The van der Waals surface area contributed by atoms with Crippen LogP contribution in [0, 0.1) is 0 Å². The minimum Gasteiger partial charge on any atom is -0.338 e. The zero-order chi connectivity index (χ0) is 11.9. The summed E-state index contributed by atoms with van der Waals surface area (Å²) in [6, 6.07) is 0.0513. The number of nitrogens with zero attached hydrogens (tertiary/aromatic N) is 3. The number of hydrogen-bond donors (Lipinski definition) is 2. The Morgan fingerprint density at radius 3 is 2.76 bits per heavy atom. The number of amides is 2. The quantitative estimate of drug-likeness (QED) is 0.821. The maximum absolute atomic E-state index is 11.9. The molecule has 1 saturated heterocycles. The second kappa shape index (κ2) is 6.22. The van der Waals surface area contributed by atoms with Gasteiger partial charge in [-0.3, -0.25) is 0 Å². The summed E-state index contributed by atoms with van der Waals surface area (Å²) in [6.07, 6.45) is 7.12. The van der Waals surface area contributed by atoms with Crippen molar-refractivity contribution < 1.29 is 4.79 Å². The highest BCUT2D eigenvalue weighted by Crippen LogP contribution is 2.09. The molecule has 17 heavy (non-hydrogen) atoms. The van der Waals surface area contributed by atoms with E-state index in [0.717, 1.165) is 38.0 Å². The van der Waals surface area contributed by atoms with E-state index in [9.17, 15) is 4.79 Å². The maximum atomic E-state index is 11.9. The van der Waals surface area contributed by atoms with Gasteiger partial charge in [-0.15, -0.1) is 0 Å². The molecule has 1 fully saturated rings. The Morgan fingerprint density at radius 1 is 1.35 bits per heavy atom. The predicted molar refractivity (Wildman–Crippen MR) is 63.5 cm³/mol. The molecule has 0 radical (unpaired) electrons. The van der Waals surface area contributed by atoms with Crippen LogP contribution in [0.3, 0.4) is 0 Å². The molecule has 1 aliphatic heterocycles. The van der Waals surface area contributed by atoms with Crippen LogP contribution in [0.5, 0.6) is 0 Å². The van der Waals surface area contributed by atoms with Crippen molar-refractivity contribution in [3.63, 3.8) is 0 Å². The molecule has 94 valence electrons. The Morgan fingerprint density at radius 2 is 2.12 bits per heavy atom. The molecule has 0 spiro atoms. The van der Waals surface area contributed by atoms with E-state index in [1.54, 1.807) is 6.20 Å². The third kappa shape index (κ3) is 3.72. The van der Waals surface area contributed by atoms with Gasteiger partial charge in [-0.25, -0.2) is 4.79 Å². The number of H-pyrrole nitrogens is 1. The van der Waals surface area contributed by atoms with Gasteiger partial charge in [-0.1, -0.05) is 12.8 Å². The Balaban J connectivity index is 1.69. The molecule has 0 aromatic carbocycles. The van der Waals surface area contributed by atoms with Crippen molar-refractivity contribution in [1.82, 2.24) is 25.6 Å². The van der Waals surface area contributed by atoms with Gasteiger partial charge in [-0.2, -0.15) is 15.4 Å². The highest BCUT2D eigenvalue weighted by molar-refractivity contribution is 5.74. The monoisotopic (exact) mass is 237 g/mol. The number of hydrogen-bond acceptors (Lipinski definition) is 3. The number of aromatic nitrogens is 3. The van der Waals surface area contributed by atoms with Crippen molar-refractivity contribution in [2.75, 3.05) is 19.6 Å². The minimum absolute atomic E-state index is 0.0513. The van der Waals surface area contributed by atoms with Crippen LogP contribution in [0.4, 0.5) is 4.79 Å². The van der Waals surface area contributed by atoms with Crippen molar-refractivity contribution in [1.29, 1.82) is 0 Å². The first-order chi connectivity index (χ1) is 8.36. The Hall–Kier alpha value is -1.59. The lowest BCUT2D eigenvalue weighted by Gasteiger charge is -2.20. The van der Waals surface area contributed by atoms with Crippen molar-refractivity contribution in [2.45, 2.75) is 32.1 Å². The van der Waals surface area contributed by atoms with Gasteiger partial charge in [0, 0.05) is 26.1 Å². The number of carbonyl (C=O) groups is 1. The van der Waals surface area contributed by atoms with Crippen molar-refractivity contribution in [2.24, 2.45) is 0 Å². The topological polar surface area (TPSA) is 73.9 Å². The molecule has 0 atom stereocenters. The van der Waals surface area contributed by atoms with Gasteiger partial charge in [-0.05, 0) is 12.8 Å². The summed E-state index contributed by atoms with van der Waals surface area (Å²) in [5.41, 5.74) is 0.876. The molecule has 6 heteroatoms. The van der Waals surface area contributed by atoms with Gasteiger partial charge in [0.1, 0.15) is 0 Å². The largest absolute Gasteiger partial charge is 0.338 e. The van der Waals surface area contributed by atoms with E-state index >= 15 is 0 Å². The molecule has 2 rings (SSSR count). The number of aromatic amines is 1. The molecule has 0 unspecified atom stereocenters. The number of likely N-dealkylation sites (tertiary alicyclic amines) is 1. The average Bonchev–Trinajstić information content (AvgIpc) is 2.69. The van der Waals surface area contributed by atoms with Gasteiger partial charge in [0.05, 0.1) is 11.9 Å². The van der Waals surface area contributed by atoms with E-state index < -0.39 is 0 Å². The lowest BCUT2D eigenvalue weighted by atomic mass is 10.2. The summed E-state index contributed by atoms with van der Waals surface area (Å²) in [5.74, 6) is 0. The molecule has 1 aliphatic rings. The number of rotatable bonds is 3. The molecule has 2 heterocycles. The van der Waals surface area contributed by atoms with E-state index in [1.165, 1.54) is 12.8 Å². The van der Waals surface area contributed by atoms with E-state index in [2.05, 4.69) is 20.7 Å².